The Morgan fingerprint density at radius 2 is 1.11 bits per heavy atom. The molecule has 9 nitrogen and oxygen atoms in total. The highest BCUT2D eigenvalue weighted by molar-refractivity contribution is 7.48. The summed E-state index contributed by atoms with van der Waals surface area (Å²) in [7, 11) is -5.19. The molecule has 0 fully saturated rings. The van der Waals surface area contributed by atoms with Crippen LogP contribution >= 0.6 is 101 Å². The van der Waals surface area contributed by atoms with Crippen LogP contribution in [0, 0.1) is 23.3 Å². The van der Waals surface area contributed by atoms with Gasteiger partial charge in [-0.1, -0.05) is 92.8 Å². The Bertz CT molecular complexity index is 2250. The number of phosphoric acid groups is 1. The summed E-state index contributed by atoms with van der Waals surface area (Å²) in [4.78, 5) is 13.3. The van der Waals surface area contributed by atoms with E-state index in [4.69, 9.17) is 121 Å². The number of aliphatic hydroxyl groups is 1. The Morgan fingerprint density at radius 3 is 1.62 bits per heavy atom. The Labute approximate surface area is 355 Å². The van der Waals surface area contributed by atoms with Crippen LogP contribution < -0.4 is 0 Å². The first kappa shape index (κ1) is 44.9. The lowest BCUT2D eigenvalue weighted by Crippen LogP contribution is -2.35. The van der Waals surface area contributed by atoms with Gasteiger partial charge in [0.05, 0.1) is 60.0 Å². The molecular formula is C34H21Cl8F4O9P. The smallest absolute Gasteiger partial charge is 0.475 e. The van der Waals surface area contributed by atoms with Crippen molar-refractivity contribution in [1.29, 1.82) is 0 Å². The van der Waals surface area contributed by atoms with E-state index in [2.05, 4.69) is 0 Å². The van der Waals surface area contributed by atoms with E-state index in [1.165, 1.54) is 12.1 Å². The van der Waals surface area contributed by atoms with E-state index in [0.717, 1.165) is 36.4 Å². The van der Waals surface area contributed by atoms with Gasteiger partial charge in [0, 0.05) is 22.3 Å². The summed E-state index contributed by atoms with van der Waals surface area (Å²) in [5.74, 6) is -6.37. The van der Waals surface area contributed by atoms with Crippen LogP contribution in [0.25, 0.3) is 0 Å². The molecule has 1 N–H and O–H groups in total. The fourth-order valence-electron chi connectivity index (χ4n) is 4.79. The molecule has 3 atom stereocenters. The first-order valence-electron chi connectivity index (χ1n) is 15.3. The van der Waals surface area contributed by atoms with Gasteiger partial charge in [0.1, 0.15) is 42.6 Å². The molecule has 0 amide bonds. The normalized spacial score (nSPS) is 15.9. The van der Waals surface area contributed by atoms with E-state index in [0.29, 0.717) is 0 Å². The van der Waals surface area contributed by atoms with Gasteiger partial charge in [-0.2, -0.15) is 0 Å². The molecule has 1 aliphatic rings. The number of aliphatic hydroxyl groups excluding tert-OH is 1. The second-order valence-electron chi connectivity index (χ2n) is 11.2. The maximum atomic E-state index is 14.9. The van der Waals surface area contributed by atoms with Gasteiger partial charge in [0.25, 0.3) is 0 Å². The fourth-order valence-corrected chi connectivity index (χ4v) is 7.57. The minimum Gasteiger partial charge on any atom is -0.485 e. The van der Waals surface area contributed by atoms with Crippen LogP contribution in [-0.4, -0.2) is 29.9 Å². The zero-order valence-electron chi connectivity index (χ0n) is 27.5. The molecule has 1 heterocycles. The SMILES string of the molecule is O=C1O[C@H]([C@H](CO)OP(=O)(OCc2cc(Cl)c(Cl)cc2F)OCc2c(F)ccc(Cl)c2Cl)C(OCc2c(F)ccc(Cl)c2Cl)=C1OCc1c(F)ccc(Cl)c1Cl. The predicted octanol–water partition coefficient (Wildman–Crippen LogP) is 12.3. The number of carbonyl (C=O) groups is 1. The maximum absolute atomic E-state index is 14.9. The second-order valence-corrected chi connectivity index (χ2v) is 16.0. The Morgan fingerprint density at radius 1 is 0.643 bits per heavy atom. The second kappa shape index (κ2) is 19.2. The van der Waals surface area contributed by atoms with Crippen LogP contribution in [0.5, 0.6) is 0 Å². The number of cyclic esters (lactones) is 1. The Balaban J connectivity index is 1.52. The van der Waals surface area contributed by atoms with E-state index in [1.807, 2.05) is 0 Å². The summed E-state index contributed by atoms with van der Waals surface area (Å²) in [6.45, 7) is -4.51. The number of rotatable bonds is 16. The van der Waals surface area contributed by atoms with Gasteiger partial charge in [0.15, 0.2) is 11.9 Å². The molecule has 4 aromatic rings. The highest BCUT2D eigenvalue weighted by atomic mass is 35.5. The highest BCUT2D eigenvalue weighted by Gasteiger charge is 2.47. The van der Waals surface area contributed by atoms with Crippen LogP contribution in [0.1, 0.15) is 22.3 Å². The van der Waals surface area contributed by atoms with E-state index in [-0.39, 0.29) is 56.9 Å². The number of phosphoric ester groups is 1. The number of hydrogen-bond acceptors (Lipinski definition) is 9. The third kappa shape index (κ3) is 10.3. The van der Waals surface area contributed by atoms with Crippen molar-refractivity contribution in [2.24, 2.45) is 0 Å². The number of esters is 1. The molecule has 0 saturated heterocycles. The quantitative estimate of drug-likeness (QED) is 0.0508. The summed E-state index contributed by atoms with van der Waals surface area (Å²) in [5.41, 5.74) is -1.32. The molecule has 0 radical (unpaired) electrons. The first-order valence-corrected chi connectivity index (χ1v) is 19.8. The average Bonchev–Trinajstić information content (AvgIpc) is 3.47. The van der Waals surface area contributed by atoms with Gasteiger partial charge in [0.2, 0.25) is 5.76 Å². The Hall–Kier alpha value is -2.20. The minimum absolute atomic E-state index is 0.0562. The van der Waals surface area contributed by atoms with Crippen molar-refractivity contribution in [3.05, 3.63) is 146 Å². The van der Waals surface area contributed by atoms with Gasteiger partial charge in [-0.3, -0.25) is 13.6 Å². The van der Waals surface area contributed by atoms with Crippen molar-refractivity contribution >= 4 is 107 Å². The van der Waals surface area contributed by atoms with E-state index < -0.39 is 99.4 Å². The van der Waals surface area contributed by atoms with Crippen LogP contribution in [0.15, 0.2) is 60.0 Å². The lowest BCUT2D eigenvalue weighted by atomic mass is 10.1. The molecule has 1 aliphatic heterocycles. The fraction of sp³-hybridized carbons (Fsp3) is 0.206. The zero-order chi connectivity index (χ0) is 41.1. The molecule has 0 spiro atoms. The van der Waals surface area contributed by atoms with Crippen molar-refractivity contribution in [1.82, 2.24) is 0 Å². The summed E-state index contributed by atoms with van der Waals surface area (Å²) in [6, 6.07) is 8.28. The summed E-state index contributed by atoms with van der Waals surface area (Å²) in [5, 5.41) is 9.16. The molecule has 0 aromatic heterocycles. The number of ether oxygens (including phenoxy) is 3. The molecule has 1 unspecified atom stereocenters. The van der Waals surface area contributed by atoms with E-state index in [9.17, 15) is 32.0 Å². The van der Waals surface area contributed by atoms with Gasteiger partial charge in [-0.15, -0.1) is 0 Å². The summed E-state index contributed by atoms with van der Waals surface area (Å²) < 4.78 is 107. The van der Waals surface area contributed by atoms with Gasteiger partial charge >= 0.3 is 13.8 Å². The number of hydrogen-bond donors (Lipinski definition) is 1. The number of halogens is 12. The molecule has 0 aliphatic carbocycles. The highest BCUT2D eigenvalue weighted by Crippen LogP contribution is 2.54. The standard InChI is InChI=1S/C34H21Cl8F4O9P/c35-18-1-4-23(43)15(28(18)40)11-50-32-31(54-34(48)33(32)51-12-16-24(44)5-2-19(36)29(16)41)27(9-47)55-56(49,52-10-14-7-21(38)22(39)8-26(14)46)53-13-17-25(45)6-3-20(37)30(17)42/h1-8,27,31,47H,9-13H2/t27-,31+,56?/m0/s1. The topological polar surface area (TPSA) is 110 Å². The maximum Gasteiger partial charge on any atom is 0.475 e. The van der Waals surface area contributed by atoms with Crippen LogP contribution in [0.4, 0.5) is 17.6 Å². The molecule has 4 aromatic carbocycles. The van der Waals surface area contributed by atoms with Crippen LogP contribution in [0.3, 0.4) is 0 Å². The van der Waals surface area contributed by atoms with Gasteiger partial charge in [-0.25, -0.2) is 26.9 Å². The largest absolute Gasteiger partial charge is 0.485 e. The molecule has 0 bridgehead atoms. The van der Waals surface area contributed by atoms with E-state index in [1.54, 1.807) is 0 Å². The average molecular weight is 964 g/mol. The monoisotopic (exact) mass is 960 g/mol. The first-order chi connectivity index (χ1) is 26.4. The van der Waals surface area contributed by atoms with Crippen molar-refractivity contribution in [2.75, 3.05) is 6.61 Å². The lowest BCUT2D eigenvalue weighted by Gasteiger charge is -2.27. The van der Waals surface area contributed by atoms with Crippen molar-refractivity contribution in [2.45, 2.75) is 38.6 Å². The molecule has 56 heavy (non-hydrogen) atoms. The third-order valence-corrected chi connectivity index (χ3v) is 12.3. The predicted molar refractivity (Wildman–Crippen MR) is 201 cm³/mol. The van der Waals surface area contributed by atoms with Crippen LogP contribution in [-0.2, 0) is 63.6 Å². The lowest BCUT2D eigenvalue weighted by molar-refractivity contribution is -0.148. The molecule has 22 heteroatoms. The molecule has 300 valence electrons. The Kier molecular flexibility index (Phi) is 15.4. The van der Waals surface area contributed by atoms with Crippen molar-refractivity contribution in [3.63, 3.8) is 0 Å². The molecular weight excluding hydrogens is 943 g/mol. The zero-order valence-corrected chi connectivity index (χ0v) is 34.4. The number of benzene rings is 4. The third-order valence-electron chi connectivity index (χ3n) is 7.67. The van der Waals surface area contributed by atoms with Crippen molar-refractivity contribution < 1.29 is 59.8 Å². The number of carbonyl (C=O) groups excluding carboxylic acids is 1. The summed E-state index contributed by atoms with van der Waals surface area (Å²) in [6.07, 6.45) is -3.90. The minimum atomic E-state index is -5.19. The molecule has 5 rings (SSSR count). The van der Waals surface area contributed by atoms with Crippen LogP contribution in [0.2, 0.25) is 40.2 Å². The van der Waals surface area contributed by atoms with Crippen molar-refractivity contribution in [3.8, 4) is 0 Å². The summed E-state index contributed by atoms with van der Waals surface area (Å²) >= 11 is 48.5. The van der Waals surface area contributed by atoms with Gasteiger partial charge < -0.3 is 19.3 Å². The van der Waals surface area contributed by atoms with Gasteiger partial charge in [-0.05, 0) is 48.5 Å². The molecule has 0 saturated carbocycles. The van der Waals surface area contributed by atoms with E-state index >= 15 is 0 Å².